The molecule has 2 aromatic rings. The second-order valence-electron chi connectivity index (χ2n) is 4.93. The number of hydrogen-bond acceptors (Lipinski definition) is 4. The molecule has 2 aromatic carbocycles. The highest BCUT2D eigenvalue weighted by atomic mass is 16.4. The van der Waals surface area contributed by atoms with E-state index in [1.807, 2.05) is 0 Å². The molecule has 1 aliphatic heterocycles. The number of anilines is 2. The average Bonchev–Trinajstić information content (AvgIpc) is 2.49. The Morgan fingerprint density at radius 3 is 2.32 bits per heavy atom. The monoisotopic (exact) mass is 296 g/mol. The van der Waals surface area contributed by atoms with E-state index in [1.54, 1.807) is 24.3 Å². The minimum absolute atomic E-state index is 0.214. The number of carbonyl (C=O) groups excluding carboxylic acids is 2. The number of carboxylic acid groups (broad SMARTS) is 1. The van der Waals surface area contributed by atoms with Crippen molar-refractivity contribution in [1.29, 1.82) is 0 Å². The molecule has 3 N–H and O–H groups in total. The summed E-state index contributed by atoms with van der Waals surface area (Å²) in [5.41, 5.74) is 6.81. The Kier molecular flexibility index (Phi) is 3.14. The van der Waals surface area contributed by atoms with E-state index in [9.17, 15) is 19.5 Å². The van der Waals surface area contributed by atoms with Crippen molar-refractivity contribution in [3.63, 3.8) is 0 Å². The van der Waals surface area contributed by atoms with Crippen molar-refractivity contribution in [2.45, 2.75) is 5.92 Å². The topological polar surface area (TPSA) is 101 Å². The zero-order valence-electron chi connectivity index (χ0n) is 11.4. The molecule has 1 atom stereocenters. The van der Waals surface area contributed by atoms with Gasteiger partial charge in [0.05, 0.1) is 5.69 Å². The smallest absolute Gasteiger partial charge is 0.320 e. The maximum atomic E-state index is 12.6. The predicted molar refractivity (Wildman–Crippen MR) is 79.5 cm³/mol. The van der Waals surface area contributed by atoms with Crippen molar-refractivity contribution in [2.24, 2.45) is 0 Å². The van der Waals surface area contributed by atoms with Crippen LogP contribution in [0.3, 0.4) is 0 Å². The van der Waals surface area contributed by atoms with Gasteiger partial charge in [-0.25, -0.2) is 4.90 Å². The highest BCUT2D eigenvalue weighted by Gasteiger charge is 2.43. The number of carboxylic acids is 1. The van der Waals surface area contributed by atoms with Crippen LogP contribution in [0.2, 0.25) is 0 Å². The number of fused-ring (bicyclic) bond motifs is 1. The summed E-state index contributed by atoms with van der Waals surface area (Å²) in [6.07, 6.45) is 0. The van der Waals surface area contributed by atoms with Gasteiger partial charge in [0, 0.05) is 11.3 Å². The first-order chi connectivity index (χ1) is 10.5. The third kappa shape index (κ3) is 2.01. The molecule has 22 heavy (non-hydrogen) atoms. The van der Waals surface area contributed by atoms with E-state index >= 15 is 0 Å². The summed E-state index contributed by atoms with van der Waals surface area (Å²) in [6, 6.07) is 12.4. The molecular weight excluding hydrogens is 284 g/mol. The molecule has 0 saturated carbocycles. The highest BCUT2D eigenvalue weighted by Crippen LogP contribution is 2.33. The number of benzene rings is 2. The van der Waals surface area contributed by atoms with Crippen molar-refractivity contribution >= 4 is 29.2 Å². The summed E-state index contributed by atoms with van der Waals surface area (Å²) in [5, 5.41) is 9.37. The van der Waals surface area contributed by atoms with Crippen molar-refractivity contribution < 1.29 is 19.5 Å². The normalized spacial score (nSPS) is 17.3. The van der Waals surface area contributed by atoms with Crippen LogP contribution in [0.4, 0.5) is 11.4 Å². The number of aliphatic carboxylic acids is 1. The lowest BCUT2D eigenvalue weighted by atomic mass is 9.88. The maximum Gasteiger partial charge on any atom is 0.320 e. The van der Waals surface area contributed by atoms with E-state index in [0.717, 1.165) is 4.90 Å². The molecule has 1 aliphatic rings. The Labute approximate surface area is 125 Å². The van der Waals surface area contributed by atoms with E-state index < -0.39 is 23.7 Å². The highest BCUT2D eigenvalue weighted by molar-refractivity contribution is 6.30. The summed E-state index contributed by atoms with van der Waals surface area (Å²) >= 11 is 0. The van der Waals surface area contributed by atoms with Crippen LogP contribution < -0.4 is 10.6 Å². The van der Waals surface area contributed by atoms with E-state index in [-0.39, 0.29) is 11.1 Å². The fourth-order valence-electron chi connectivity index (χ4n) is 2.53. The number of imide groups is 1. The van der Waals surface area contributed by atoms with Gasteiger partial charge in [-0.05, 0) is 35.9 Å². The van der Waals surface area contributed by atoms with E-state index in [0.29, 0.717) is 11.4 Å². The summed E-state index contributed by atoms with van der Waals surface area (Å²) in [5.74, 6) is -4.00. The van der Waals surface area contributed by atoms with Crippen molar-refractivity contribution in [3.05, 3.63) is 59.7 Å². The third-order valence-corrected chi connectivity index (χ3v) is 3.57. The molecule has 0 aromatic heterocycles. The summed E-state index contributed by atoms with van der Waals surface area (Å²) < 4.78 is 0. The largest absolute Gasteiger partial charge is 0.480 e. The van der Waals surface area contributed by atoms with Crippen LogP contribution in [-0.4, -0.2) is 22.9 Å². The lowest BCUT2D eigenvalue weighted by molar-refractivity contribution is -0.142. The fourth-order valence-corrected chi connectivity index (χ4v) is 2.53. The van der Waals surface area contributed by atoms with Crippen LogP contribution in [0.15, 0.2) is 48.5 Å². The van der Waals surface area contributed by atoms with Gasteiger partial charge in [-0.2, -0.15) is 0 Å². The maximum absolute atomic E-state index is 12.6. The number of nitrogens with two attached hydrogens (primary N) is 1. The SMILES string of the molecule is Nc1ccc(N2C(=O)c3ccccc3C(C(=O)O)C2=O)cc1. The van der Waals surface area contributed by atoms with Gasteiger partial charge in [-0.3, -0.25) is 14.4 Å². The summed E-state index contributed by atoms with van der Waals surface area (Å²) in [6.45, 7) is 0. The van der Waals surface area contributed by atoms with Crippen LogP contribution >= 0.6 is 0 Å². The second-order valence-corrected chi connectivity index (χ2v) is 4.93. The molecule has 0 aliphatic carbocycles. The Hall–Kier alpha value is -3.15. The Morgan fingerprint density at radius 1 is 1.05 bits per heavy atom. The Morgan fingerprint density at radius 2 is 1.68 bits per heavy atom. The molecule has 0 radical (unpaired) electrons. The minimum Gasteiger partial charge on any atom is -0.480 e. The van der Waals surface area contributed by atoms with Gasteiger partial charge >= 0.3 is 5.97 Å². The average molecular weight is 296 g/mol. The number of rotatable bonds is 2. The number of amides is 2. The summed E-state index contributed by atoms with van der Waals surface area (Å²) in [7, 11) is 0. The van der Waals surface area contributed by atoms with Crippen molar-refractivity contribution in [1.82, 2.24) is 0 Å². The molecule has 6 nitrogen and oxygen atoms in total. The standard InChI is InChI=1S/C16H12N2O4/c17-9-5-7-10(8-6-9)18-14(19)12-4-2-1-3-11(12)13(15(18)20)16(21)22/h1-8,13H,17H2,(H,21,22). The number of nitrogens with zero attached hydrogens (tertiary/aromatic N) is 1. The van der Waals surface area contributed by atoms with Crippen LogP contribution in [0.5, 0.6) is 0 Å². The van der Waals surface area contributed by atoms with Gasteiger partial charge in [-0.1, -0.05) is 18.2 Å². The van der Waals surface area contributed by atoms with Gasteiger partial charge in [0.1, 0.15) is 0 Å². The fraction of sp³-hybridized carbons (Fsp3) is 0.0625. The lowest BCUT2D eigenvalue weighted by Crippen LogP contribution is -2.47. The molecule has 0 saturated heterocycles. The molecule has 0 bridgehead atoms. The van der Waals surface area contributed by atoms with Crippen molar-refractivity contribution in [3.8, 4) is 0 Å². The molecule has 1 heterocycles. The molecular formula is C16H12N2O4. The molecule has 110 valence electrons. The number of nitrogen functional groups attached to an aromatic ring is 1. The molecule has 1 unspecified atom stereocenters. The van der Waals surface area contributed by atoms with Crippen molar-refractivity contribution in [2.75, 3.05) is 10.6 Å². The van der Waals surface area contributed by atoms with Gasteiger partial charge in [-0.15, -0.1) is 0 Å². The quantitative estimate of drug-likeness (QED) is 0.498. The number of hydrogen-bond donors (Lipinski definition) is 2. The van der Waals surface area contributed by atoms with Crippen LogP contribution in [-0.2, 0) is 9.59 Å². The molecule has 0 fully saturated rings. The Balaban J connectivity index is 2.17. The predicted octanol–water partition coefficient (Wildman–Crippen LogP) is 1.62. The first kappa shape index (κ1) is 13.8. The molecule has 6 heteroatoms. The van der Waals surface area contributed by atoms with Gasteiger partial charge in [0.2, 0.25) is 0 Å². The van der Waals surface area contributed by atoms with E-state index in [2.05, 4.69) is 0 Å². The third-order valence-electron chi connectivity index (χ3n) is 3.57. The lowest BCUT2D eigenvalue weighted by Gasteiger charge is -2.30. The van der Waals surface area contributed by atoms with E-state index in [4.69, 9.17) is 5.73 Å². The van der Waals surface area contributed by atoms with Crippen LogP contribution in [0.25, 0.3) is 0 Å². The van der Waals surface area contributed by atoms with E-state index in [1.165, 1.54) is 24.3 Å². The van der Waals surface area contributed by atoms with Gasteiger partial charge in [0.25, 0.3) is 11.8 Å². The van der Waals surface area contributed by atoms with Crippen LogP contribution in [0, 0.1) is 0 Å². The molecule has 2 amide bonds. The molecule has 3 rings (SSSR count). The minimum atomic E-state index is -1.40. The zero-order chi connectivity index (χ0) is 15.9. The Bertz CT molecular complexity index is 783. The van der Waals surface area contributed by atoms with Crippen LogP contribution in [0.1, 0.15) is 21.8 Å². The summed E-state index contributed by atoms with van der Waals surface area (Å²) in [4.78, 5) is 37.5. The first-order valence-electron chi connectivity index (χ1n) is 6.56. The first-order valence-corrected chi connectivity index (χ1v) is 6.56. The second kappa shape index (κ2) is 5.00. The molecule has 0 spiro atoms. The zero-order valence-corrected chi connectivity index (χ0v) is 11.4. The van der Waals surface area contributed by atoms with Gasteiger partial charge in [0.15, 0.2) is 5.92 Å². The number of carbonyl (C=O) groups is 3. The van der Waals surface area contributed by atoms with Gasteiger partial charge < -0.3 is 10.8 Å².